The predicted molar refractivity (Wildman–Crippen MR) is 107 cm³/mol. The molecule has 144 valence electrons. The van der Waals surface area contributed by atoms with E-state index in [4.69, 9.17) is 9.47 Å². The molecule has 27 heavy (non-hydrogen) atoms. The van der Waals surface area contributed by atoms with E-state index in [9.17, 15) is 9.59 Å². The maximum absolute atomic E-state index is 12.1. The zero-order chi connectivity index (χ0) is 19.8. The number of hydrogen-bond donors (Lipinski definition) is 2. The highest BCUT2D eigenvalue weighted by Crippen LogP contribution is 2.26. The van der Waals surface area contributed by atoms with Crippen LogP contribution in [0, 0.1) is 6.92 Å². The monoisotopic (exact) mass is 434 g/mol. The van der Waals surface area contributed by atoms with Crippen LogP contribution >= 0.6 is 15.9 Å². The third-order valence-electron chi connectivity index (χ3n) is 3.85. The van der Waals surface area contributed by atoms with E-state index in [1.165, 1.54) is 0 Å². The fourth-order valence-electron chi connectivity index (χ4n) is 2.23. The Hall–Kier alpha value is -2.54. The number of carbonyl (C=O) groups is 2. The average molecular weight is 435 g/mol. The third-order valence-corrected chi connectivity index (χ3v) is 4.47. The van der Waals surface area contributed by atoms with Gasteiger partial charge in [0.2, 0.25) is 0 Å². The van der Waals surface area contributed by atoms with Crippen molar-refractivity contribution >= 4 is 27.7 Å². The number of rotatable bonds is 7. The Morgan fingerprint density at radius 2 is 1.85 bits per heavy atom. The summed E-state index contributed by atoms with van der Waals surface area (Å²) in [4.78, 5) is 23.9. The molecular formula is C20H23BrN2O4. The van der Waals surface area contributed by atoms with E-state index in [0.717, 1.165) is 22.0 Å². The molecule has 6 nitrogen and oxygen atoms in total. The summed E-state index contributed by atoms with van der Waals surface area (Å²) in [5, 5.41) is 0. The molecule has 0 aliphatic rings. The Bertz CT molecular complexity index is 810. The molecule has 2 rings (SSSR count). The van der Waals surface area contributed by atoms with Crippen LogP contribution in [0.2, 0.25) is 0 Å². The minimum atomic E-state index is -0.761. The van der Waals surface area contributed by atoms with E-state index in [1.54, 1.807) is 19.1 Å². The second-order valence-electron chi connectivity index (χ2n) is 5.97. The van der Waals surface area contributed by atoms with Gasteiger partial charge in [0.15, 0.2) is 12.7 Å². The van der Waals surface area contributed by atoms with Gasteiger partial charge in [-0.1, -0.05) is 31.2 Å². The maximum atomic E-state index is 12.1. The van der Waals surface area contributed by atoms with Crippen LogP contribution in [0.4, 0.5) is 0 Å². The van der Waals surface area contributed by atoms with Crippen LogP contribution in [-0.4, -0.2) is 24.5 Å². The average Bonchev–Trinajstić information content (AvgIpc) is 2.66. The smallest absolute Gasteiger partial charge is 0.279 e. The van der Waals surface area contributed by atoms with Gasteiger partial charge in [-0.05, 0) is 65.5 Å². The summed E-state index contributed by atoms with van der Waals surface area (Å²) in [6, 6.07) is 13.1. The van der Waals surface area contributed by atoms with Gasteiger partial charge in [-0.3, -0.25) is 20.4 Å². The van der Waals surface area contributed by atoms with E-state index in [0.29, 0.717) is 11.5 Å². The summed E-state index contributed by atoms with van der Waals surface area (Å²) in [7, 11) is 0. The number of amides is 2. The zero-order valence-electron chi connectivity index (χ0n) is 15.5. The summed E-state index contributed by atoms with van der Waals surface area (Å²) in [5.41, 5.74) is 6.74. The van der Waals surface area contributed by atoms with Gasteiger partial charge in [0.05, 0.1) is 4.47 Å². The predicted octanol–water partition coefficient (Wildman–Crippen LogP) is 3.31. The van der Waals surface area contributed by atoms with Crippen LogP contribution in [-0.2, 0) is 16.0 Å². The molecule has 0 fully saturated rings. The van der Waals surface area contributed by atoms with Gasteiger partial charge in [-0.15, -0.1) is 0 Å². The van der Waals surface area contributed by atoms with E-state index < -0.39 is 17.9 Å². The molecule has 2 aromatic carbocycles. The van der Waals surface area contributed by atoms with Gasteiger partial charge >= 0.3 is 0 Å². The van der Waals surface area contributed by atoms with Crippen molar-refractivity contribution in [2.75, 3.05) is 6.61 Å². The van der Waals surface area contributed by atoms with Gasteiger partial charge in [0.1, 0.15) is 11.5 Å². The van der Waals surface area contributed by atoms with Crippen molar-refractivity contribution in [3.05, 3.63) is 58.1 Å². The van der Waals surface area contributed by atoms with Crippen LogP contribution in [0.15, 0.2) is 46.9 Å². The topological polar surface area (TPSA) is 76.7 Å². The highest BCUT2D eigenvalue weighted by molar-refractivity contribution is 9.10. The van der Waals surface area contributed by atoms with E-state index in [-0.39, 0.29) is 6.61 Å². The number of hydrazine groups is 1. The van der Waals surface area contributed by atoms with Crippen LogP contribution in [0.1, 0.15) is 25.0 Å². The molecule has 0 aliphatic heterocycles. The minimum Gasteiger partial charge on any atom is -0.483 e. The van der Waals surface area contributed by atoms with Gasteiger partial charge in [-0.2, -0.15) is 0 Å². The molecule has 2 aromatic rings. The SMILES string of the molecule is CCc1ccc(OCC(=O)NNC(=O)C(C)Oc2ccccc2C)c(Br)c1. The third kappa shape index (κ3) is 6.29. The number of nitrogens with one attached hydrogen (secondary N) is 2. The van der Waals surface area contributed by atoms with Gasteiger partial charge in [0.25, 0.3) is 11.8 Å². The number of aryl methyl sites for hydroxylation is 2. The first-order chi connectivity index (χ1) is 12.9. The maximum Gasteiger partial charge on any atom is 0.279 e. The largest absolute Gasteiger partial charge is 0.483 e. The van der Waals surface area contributed by atoms with Crippen molar-refractivity contribution in [2.45, 2.75) is 33.3 Å². The van der Waals surface area contributed by atoms with Crippen molar-refractivity contribution in [3.8, 4) is 11.5 Å². The molecule has 7 heteroatoms. The fourth-order valence-corrected chi connectivity index (χ4v) is 2.77. The Labute approximate surface area is 167 Å². The molecule has 0 aromatic heterocycles. The molecule has 0 spiro atoms. The Balaban J connectivity index is 1.77. The second kappa shape index (κ2) is 9.97. The highest BCUT2D eigenvalue weighted by Gasteiger charge is 2.16. The van der Waals surface area contributed by atoms with E-state index in [2.05, 4.69) is 33.7 Å². The van der Waals surface area contributed by atoms with Crippen LogP contribution in [0.3, 0.4) is 0 Å². The van der Waals surface area contributed by atoms with Gasteiger partial charge < -0.3 is 9.47 Å². The lowest BCUT2D eigenvalue weighted by molar-refractivity contribution is -0.133. The number of para-hydroxylation sites is 1. The molecule has 1 unspecified atom stereocenters. The Kier molecular flexibility index (Phi) is 7.67. The van der Waals surface area contributed by atoms with Crippen molar-refractivity contribution in [1.82, 2.24) is 10.9 Å². The minimum absolute atomic E-state index is 0.225. The summed E-state index contributed by atoms with van der Waals surface area (Å²) in [5.74, 6) is 0.248. The highest BCUT2D eigenvalue weighted by atomic mass is 79.9. The molecule has 2 N–H and O–H groups in total. The Morgan fingerprint density at radius 1 is 1.11 bits per heavy atom. The van der Waals surface area contributed by atoms with Crippen LogP contribution in [0.25, 0.3) is 0 Å². The number of halogens is 1. The first-order valence-electron chi connectivity index (χ1n) is 8.63. The van der Waals surface area contributed by atoms with E-state index in [1.807, 2.05) is 37.3 Å². The summed E-state index contributed by atoms with van der Waals surface area (Å²) >= 11 is 3.41. The second-order valence-corrected chi connectivity index (χ2v) is 6.82. The standard InChI is InChI=1S/C20H23BrN2O4/c1-4-15-9-10-18(16(21)11-15)26-12-19(24)22-23-20(25)14(3)27-17-8-6-5-7-13(17)2/h5-11,14H,4,12H2,1-3H3,(H,22,24)(H,23,25). The number of ether oxygens (including phenoxy) is 2. The molecule has 0 radical (unpaired) electrons. The first kappa shape index (κ1) is 20.8. The molecule has 0 bridgehead atoms. The lowest BCUT2D eigenvalue weighted by Gasteiger charge is -2.16. The lowest BCUT2D eigenvalue weighted by Crippen LogP contribution is -2.48. The number of hydrogen-bond acceptors (Lipinski definition) is 4. The molecule has 0 saturated heterocycles. The lowest BCUT2D eigenvalue weighted by atomic mass is 10.2. The summed E-state index contributed by atoms with van der Waals surface area (Å²) in [6.07, 6.45) is 0.150. The van der Waals surface area contributed by atoms with Crippen molar-refractivity contribution < 1.29 is 19.1 Å². The quantitative estimate of drug-likeness (QED) is 0.655. The van der Waals surface area contributed by atoms with Crippen molar-refractivity contribution in [1.29, 1.82) is 0 Å². The summed E-state index contributed by atoms with van der Waals surface area (Å²) < 4.78 is 11.8. The molecule has 0 aliphatic carbocycles. The number of carbonyl (C=O) groups excluding carboxylic acids is 2. The molecule has 1 atom stereocenters. The molecule has 0 heterocycles. The fraction of sp³-hybridized carbons (Fsp3) is 0.300. The van der Waals surface area contributed by atoms with Crippen molar-refractivity contribution in [2.24, 2.45) is 0 Å². The normalized spacial score (nSPS) is 11.4. The first-order valence-corrected chi connectivity index (χ1v) is 9.42. The van der Waals surface area contributed by atoms with Crippen LogP contribution < -0.4 is 20.3 Å². The number of benzene rings is 2. The van der Waals surface area contributed by atoms with Crippen LogP contribution in [0.5, 0.6) is 11.5 Å². The van der Waals surface area contributed by atoms with Gasteiger partial charge in [-0.25, -0.2) is 0 Å². The molecule has 2 amide bonds. The van der Waals surface area contributed by atoms with E-state index >= 15 is 0 Å². The molecule has 0 saturated carbocycles. The zero-order valence-corrected chi connectivity index (χ0v) is 17.1. The van der Waals surface area contributed by atoms with Gasteiger partial charge in [0, 0.05) is 0 Å². The Morgan fingerprint density at radius 3 is 2.52 bits per heavy atom. The molecular weight excluding hydrogens is 412 g/mol. The summed E-state index contributed by atoms with van der Waals surface area (Å²) in [6.45, 7) is 5.33. The van der Waals surface area contributed by atoms with Crippen molar-refractivity contribution in [3.63, 3.8) is 0 Å².